The van der Waals surface area contributed by atoms with Crippen LogP contribution in [0.3, 0.4) is 0 Å². The topological polar surface area (TPSA) is 66.4 Å². The smallest absolute Gasteiger partial charge is 0.255 e. The summed E-state index contributed by atoms with van der Waals surface area (Å²) < 4.78 is 0. The molecule has 0 radical (unpaired) electrons. The highest BCUT2D eigenvalue weighted by atomic mass is 16.2. The molecular formula is C18H20N4O2. The molecule has 6 nitrogen and oxygen atoms in total. The fraction of sp³-hybridized carbons (Fsp3) is 0.333. The van der Waals surface area contributed by atoms with E-state index in [1.807, 2.05) is 18.2 Å². The average Bonchev–Trinajstić information content (AvgIpc) is 3.07. The Hall–Kier alpha value is -2.76. The third-order valence-corrected chi connectivity index (χ3v) is 4.39. The van der Waals surface area contributed by atoms with E-state index >= 15 is 0 Å². The van der Waals surface area contributed by atoms with Gasteiger partial charge in [-0.3, -0.25) is 19.6 Å². The standard InChI is InChI=1S/C18H20N4O2/c1-21(2)17(24)18(15-13-19-10-11-20-15)9-6-12-22(18)16(23)14-7-4-3-5-8-14/h3-5,7-8,10-11,13H,6,9,12H2,1-2H3. The summed E-state index contributed by atoms with van der Waals surface area (Å²) in [6, 6.07) is 9.04. The molecule has 0 spiro atoms. The number of hydrogen-bond acceptors (Lipinski definition) is 4. The van der Waals surface area contributed by atoms with E-state index in [1.165, 1.54) is 4.90 Å². The summed E-state index contributed by atoms with van der Waals surface area (Å²) in [6.07, 6.45) is 5.99. The number of benzene rings is 1. The zero-order valence-corrected chi connectivity index (χ0v) is 13.8. The molecule has 0 N–H and O–H groups in total. The fourth-order valence-corrected chi connectivity index (χ4v) is 3.31. The number of hydrogen-bond donors (Lipinski definition) is 0. The first-order valence-electron chi connectivity index (χ1n) is 7.92. The third-order valence-electron chi connectivity index (χ3n) is 4.39. The van der Waals surface area contributed by atoms with Crippen LogP contribution < -0.4 is 0 Å². The van der Waals surface area contributed by atoms with Gasteiger partial charge in [0, 0.05) is 38.6 Å². The van der Waals surface area contributed by atoms with Crippen molar-refractivity contribution in [2.24, 2.45) is 0 Å². The molecule has 6 heteroatoms. The largest absolute Gasteiger partial charge is 0.346 e. The highest BCUT2D eigenvalue weighted by molar-refractivity contribution is 5.99. The van der Waals surface area contributed by atoms with Crippen LogP contribution >= 0.6 is 0 Å². The van der Waals surface area contributed by atoms with Gasteiger partial charge in [0.2, 0.25) is 0 Å². The number of amides is 2. The minimum absolute atomic E-state index is 0.148. The van der Waals surface area contributed by atoms with E-state index in [-0.39, 0.29) is 11.8 Å². The van der Waals surface area contributed by atoms with Gasteiger partial charge in [0.1, 0.15) is 0 Å². The van der Waals surface area contributed by atoms with E-state index in [2.05, 4.69) is 9.97 Å². The van der Waals surface area contributed by atoms with Gasteiger partial charge in [0.05, 0.1) is 11.9 Å². The number of carbonyl (C=O) groups is 2. The molecule has 1 saturated heterocycles. The van der Waals surface area contributed by atoms with Crippen LogP contribution in [-0.2, 0) is 10.3 Å². The molecule has 24 heavy (non-hydrogen) atoms. The number of likely N-dealkylation sites (N-methyl/N-ethyl adjacent to an activating group) is 1. The number of aromatic nitrogens is 2. The third kappa shape index (κ3) is 2.54. The number of carbonyl (C=O) groups excluding carboxylic acids is 2. The predicted molar refractivity (Wildman–Crippen MR) is 89.1 cm³/mol. The van der Waals surface area contributed by atoms with Crippen molar-refractivity contribution in [3.63, 3.8) is 0 Å². The molecule has 1 aliphatic heterocycles. The van der Waals surface area contributed by atoms with E-state index in [9.17, 15) is 9.59 Å². The van der Waals surface area contributed by atoms with Crippen LogP contribution in [0.25, 0.3) is 0 Å². The molecular weight excluding hydrogens is 304 g/mol. The van der Waals surface area contributed by atoms with Crippen molar-refractivity contribution >= 4 is 11.8 Å². The van der Waals surface area contributed by atoms with Crippen molar-refractivity contribution in [3.05, 3.63) is 60.2 Å². The Morgan fingerprint density at radius 1 is 1.17 bits per heavy atom. The molecule has 0 aliphatic carbocycles. The van der Waals surface area contributed by atoms with E-state index < -0.39 is 5.54 Å². The zero-order valence-electron chi connectivity index (χ0n) is 13.8. The summed E-state index contributed by atoms with van der Waals surface area (Å²) in [4.78, 5) is 37.8. The average molecular weight is 324 g/mol. The highest BCUT2D eigenvalue weighted by Gasteiger charge is 2.53. The molecule has 2 amide bonds. The van der Waals surface area contributed by atoms with Crippen LogP contribution in [0.5, 0.6) is 0 Å². The number of nitrogens with zero attached hydrogens (tertiary/aromatic N) is 4. The van der Waals surface area contributed by atoms with Gasteiger partial charge in [0.15, 0.2) is 5.54 Å². The van der Waals surface area contributed by atoms with Gasteiger partial charge in [-0.15, -0.1) is 0 Å². The molecule has 124 valence electrons. The molecule has 1 aliphatic rings. The summed E-state index contributed by atoms with van der Waals surface area (Å²) in [5.74, 6) is -0.307. The Bertz CT molecular complexity index is 733. The van der Waals surface area contributed by atoms with E-state index in [1.54, 1.807) is 49.7 Å². The van der Waals surface area contributed by atoms with E-state index in [0.29, 0.717) is 24.2 Å². The maximum Gasteiger partial charge on any atom is 0.255 e. The van der Waals surface area contributed by atoms with Gasteiger partial charge in [-0.25, -0.2) is 0 Å². The Balaban J connectivity index is 2.10. The van der Waals surface area contributed by atoms with Gasteiger partial charge >= 0.3 is 0 Å². The minimum Gasteiger partial charge on any atom is -0.346 e. The molecule has 3 rings (SSSR count). The Morgan fingerprint density at radius 2 is 1.92 bits per heavy atom. The van der Waals surface area contributed by atoms with Crippen molar-refractivity contribution in [2.75, 3.05) is 20.6 Å². The first kappa shape index (κ1) is 16.1. The Kier molecular flexibility index (Phi) is 4.29. The van der Waals surface area contributed by atoms with Gasteiger partial charge in [-0.2, -0.15) is 0 Å². The van der Waals surface area contributed by atoms with Crippen molar-refractivity contribution in [1.82, 2.24) is 19.8 Å². The second-order valence-corrected chi connectivity index (χ2v) is 6.08. The van der Waals surface area contributed by atoms with Crippen molar-refractivity contribution in [1.29, 1.82) is 0 Å². The lowest BCUT2D eigenvalue weighted by atomic mass is 9.89. The first-order valence-corrected chi connectivity index (χ1v) is 7.92. The van der Waals surface area contributed by atoms with Gasteiger partial charge in [-0.05, 0) is 25.0 Å². The molecule has 0 saturated carbocycles. The highest BCUT2D eigenvalue weighted by Crippen LogP contribution is 2.40. The van der Waals surface area contributed by atoms with Gasteiger partial charge in [0.25, 0.3) is 11.8 Å². The van der Waals surface area contributed by atoms with Crippen LogP contribution in [0.4, 0.5) is 0 Å². The van der Waals surface area contributed by atoms with E-state index in [0.717, 1.165) is 6.42 Å². The van der Waals surface area contributed by atoms with Crippen LogP contribution in [0, 0.1) is 0 Å². The number of rotatable bonds is 3. The maximum atomic E-state index is 13.1. The van der Waals surface area contributed by atoms with E-state index in [4.69, 9.17) is 0 Å². The summed E-state index contributed by atoms with van der Waals surface area (Å²) in [5, 5.41) is 0. The number of likely N-dealkylation sites (tertiary alicyclic amines) is 1. The van der Waals surface area contributed by atoms with Crippen LogP contribution in [-0.4, -0.2) is 52.2 Å². The van der Waals surface area contributed by atoms with Gasteiger partial charge < -0.3 is 9.80 Å². The lowest BCUT2D eigenvalue weighted by Crippen LogP contribution is -2.55. The SMILES string of the molecule is CN(C)C(=O)C1(c2cnccn2)CCCN1C(=O)c1ccccc1. The molecule has 2 aromatic rings. The monoisotopic (exact) mass is 324 g/mol. The molecule has 1 fully saturated rings. The lowest BCUT2D eigenvalue weighted by molar-refractivity contribution is -0.140. The summed E-state index contributed by atoms with van der Waals surface area (Å²) in [7, 11) is 3.40. The van der Waals surface area contributed by atoms with Crippen LogP contribution in [0.2, 0.25) is 0 Å². The molecule has 1 aromatic carbocycles. The first-order chi connectivity index (χ1) is 11.6. The van der Waals surface area contributed by atoms with Crippen molar-refractivity contribution < 1.29 is 9.59 Å². The van der Waals surface area contributed by atoms with Crippen LogP contribution in [0.1, 0.15) is 28.9 Å². The second kappa shape index (κ2) is 6.39. The van der Waals surface area contributed by atoms with Crippen molar-refractivity contribution in [2.45, 2.75) is 18.4 Å². The predicted octanol–water partition coefficient (Wildman–Crippen LogP) is 1.70. The quantitative estimate of drug-likeness (QED) is 0.862. The lowest BCUT2D eigenvalue weighted by Gasteiger charge is -2.38. The minimum atomic E-state index is -1.09. The molecule has 2 heterocycles. The molecule has 1 aromatic heterocycles. The molecule has 1 unspecified atom stereocenters. The van der Waals surface area contributed by atoms with Crippen LogP contribution in [0.15, 0.2) is 48.9 Å². The summed E-state index contributed by atoms with van der Waals surface area (Å²) in [6.45, 7) is 0.518. The Morgan fingerprint density at radius 3 is 2.54 bits per heavy atom. The maximum absolute atomic E-state index is 13.1. The summed E-state index contributed by atoms with van der Waals surface area (Å²) >= 11 is 0. The Labute approximate surface area is 141 Å². The summed E-state index contributed by atoms with van der Waals surface area (Å²) in [5.41, 5.74) is -0.00489. The fourth-order valence-electron chi connectivity index (χ4n) is 3.31. The van der Waals surface area contributed by atoms with Crippen molar-refractivity contribution in [3.8, 4) is 0 Å². The molecule has 0 bridgehead atoms. The zero-order chi connectivity index (χ0) is 17.2. The molecule has 1 atom stereocenters. The van der Waals surface area contributed by atoms with Gasteiger partial charge in [-0.1, -0.05) is 18.2 Å². The second-order valence-electron chi connectivity index (χ2n) is 6.08. The normalized spacial score (nSPS) is 20.0.